The van der Waals surface area contributed by atoms with Crippen molar-refractivity contribution in [2.24, 2.45) is 0 Å². The van der Waals surface area contributed by atoms with E-state index in [1.54, 1.807) is 12.1 Å². The number of nitrogens with one attached hydrogen (secondary N) is 2. The Hall–Kier alpha value is -2.83. The van der Waals surface area contributed by atoms with Crippen LogP contribution >= 0.6 is 11.3 Å². The molecule has 0 bridgehead atoms. The summed E-state index contributed by atoms with van der Waals surface area (Å²) in [6, 6.07) is 13.1. The van der Waals surface area contributed by atoms with Crippen LogP contribution in [0.3, 0.4) is 0 Å². The molecule has 0 radical (unpaired) electrons. The molecular formula is C25H24FN3OS. The highest BCUT2D eigenvalue weighted by molar-refractivity contribution is 7.17. The fraction of sp³-hybridized carbons (Fsp3) is 0.280. The maximum Gasteiger partial charge on any atom is 0.260 e. The van der Waals surface area contributed by atoms with Gasteiger partial charge in [-0.05, 0) is 67.0 Å². The number of rotatable bonds is 5. The highest BCUT2D eigenvalue weighted by Gasteiger charge is 2.15. The second kappa shape index (κ2) is 8.36. The molecule has 4 nitrogen and oxygen atoms in total. The molecule has 158 valence electrons. The SMILES string of the molecule is C[C@H](NCc1nc2scc(-c3ccc(F)cc3)c2c(=O)[nH]1)c1ccc2c(c1)CCCC2. The van der Waals surface area contributed by atoms with Crippen LogP contribution in [0.15, 0.2) is 52.6 Å². The highest BCUT2D eigenvalue weighted by atomic mass is 32.1. The lowest BCUT2D eigenvalue weighted by molar-refractivity contribution is 0.558. The zero-order valence-electron chi connectivity index (χ0n) is 17.4. The third-order valence-electron chi connectivity index (χ3n) is 6.10. The number of aromatic amines is 1. The third-order valence-corrected chi connectivity index (χ3v) is 6.97. The lowest BCUT2D eigenvalue weighted by Crippen LogP contribution is -2.22. The third kappa shape index (κ3) is 4.05. The molecule has 6 heteroatoms. The van der Waals surface area contributed by atoms with Crippen molar-refractivity contribution in [1.29, 1.82) is 0 Å². The summed E-state index contributed by atoms with van der Waals surface area (Å²) in [6.07, 6.45) is 4.90. The van der Waals surface area contributed by atoms with Crippen molar-refractivity contribution in [3.05, 3.63) is 86.5 Å². The number of nitrogens with zero attached hydrogens (tertiary/aromatic N) is 1. The predicted molar refractivity (Wildman–Crippen MR) is 124 cm³/mol. The van der Waals surface area contributed by atoms with Crippen molar-refractivity contribution >= 4 is 21.6 Å². The lowest BCUT2D eigenvalue weighted by atomic mass is 9.89. The van der Waals surface area contributed by atoms with Gasteiger partial charge in [-0.3, -0.25) is 4.79 Å². The van der Waals surface area contributed by atoms with Gasteiger partial charge in [0.05, 0.1) is 11.9 Å². The van der Waals surface area contributed by atoms with Crippen LogP contribution in [0.1, 0.15) is 48.3 Å². The van der Waals surface area contributed by atoms with Crippen LogP contribution in [0.4, 0.5) is 4.39 Å². The first-order valence-corrected chi connectivity index (χ1v) is 11.6. The summed E-state index contributed by atoms with van der Waals surface area (Å²) >= 11 is 1.43. The number of hydrogen-bond donors (Lipinski definition) is 2. The minimum Gasteiger partial charge on any atom is -0.309 e. The molecule has 0 aliphatic heterocycles. The number of aromatic nitrogens is 2. The van der Waals surface area contributed by atoms with Crippen LogP contribution in [0.2, 0.25) is 0 Å². The number of hydrogen-bond acceptors (Lipinski definition) is 4. The minimum atomic E-state index is -0.295. The molecule has 2 N–H and O–H groups in total. The molecule has 0 amide bonds. The Morgan fingerprint density at radius 3 is 2.71 bits per heavy atom. The van der Waals surface area contributed by atoms with Gasteiger partial charge in [0.2, 0.25) is 0 Å². The molecule has 1 aliphatic carbocycles. The average Bonchev–Trinajstić information content (AvgIpc) is 3.22. The molecule has 31 heavy (non-hydrogen) atoms. The summed E-state index contributed by atoms with van der Waals surface area (Å²) in [5, 5.41) is 5.96. The first-order valence-electron chi connectivity index (χ1n) is 10.7. The largest absolute Gasteiger partial charge is 0.309 e. The molecule has 0 saturated heterocycles. The van der Waals surface area contributed by atoms with Crippen molar-refractivity contribution < 1.29 is 4.39 Å². The molecule has 2 heterocycles. The van der Waals surface area contributed by atoms with Gasteiger partial charge in [0.15, 0.2) is 0 Å². The van der Waals surface area contributed by atoms with Gasteiger partial charge >= 0.3 is 0 Å². The van der Waals surface area contributed by atoms with Crippen LogP contribution in [0.5, 0.6) is 0 Å². The van der Waals surface area contributed by atoms with Gasteiger partial charge in [0.1, 0.15) is 16.5 Å². The number of halogens is 1. The molecule has 2 aromatic heterocycles. The highest BCUT2D eigenvalue weighted by Crippen LogP contribution is 2.31. The smallest absolute Gasteiger partial charge is 0.260 e. The second-order valence-corrected chi connectivity index (χ2v) is 9.04. The Bertz CT molecular complexity index is 1290. The summed E-state index contributed by atoms with van der Waals surface area (Å²) in [7, 11) is 0. The molecule has 1 atom stereocenters. The molecule has 1 aliphatic rings. The predicted octanol–water partition coefficient (Wildman–Crippen LogP) is 5.52. The Morgan fingerprint density at radius 1 is 1.13 bits per heavy atom. The Morgan fingerprint density at radius 2 is 1.90 bits per heavy atom. The van der Waals surface area contributed by atoms with Crippen LogP contribution in [0, 0.1) is 5.82 Å². The summed E-state index contributed by atoms with van der Waals surface area (Å²) in [6.45, 7) is 2.62. The van der Waals surface area contributed by atoms with Crippen LogP contribution < -0.4 is 10.9 Å². The van der Waals surface area contributed by atoms with Gasteiger partial charge in [-0.15, -0.1) is 11.3 Å². The standard InChI is InChI=1S/C25H24FN3OS/c1-15(18-7-6-16-4-2-3-5-19(16)12-18)27-13-22-28-24(30)23-21(14-31-25(23)29-22)17-8-10-20(26)11-9-17/h6-12,14-15,27H,2-5,13H2,1H3,(H,28,29,30)/t15-/m0/s1. The molecule has 0 spiro atoms. The number of thiophene rings is 1. The number of H-pyrrole nitrogens is 1. The number of fused-ring (bicyclic) bond motifs is 2. The van der Waals surface area contributed by atoms with Gasteiger partial charge in [-0.2, -0.15) is 0 Å². The fourth-order valence-electron chi connectivity index (χ4n) is 4.31. The van der Waals surface area contributed by atoms with Gasteiger partial charge in [-0.1, -0.05) is 30.3 Å². The normalized spacial score (nSPS) is 14.5. The van der Waals surface area contributed by atoms with E-state index in [1.165, 1.54) is 59.4 Å². The van der Waals surface area contributed by atoms with E-state index in [9.17, 15) is 9.18 Å². The molecule has 0 unspecified atom stereocenters. The van der Waals surface area contributed by atoms with E-state index < -0.39 is 0 Å². The summed E-state index contributed by atoms with van der Waals surface area (Å²) in [5.41, 5.74) is 5.65. The van der Waals surface area contributed by atoms with Gasteiger partial charge in [0.25, 0.3) is 5.56 Å². The van der Waals surface area contributed by atoms with Crippen molar-refractivity contribution in [3.63, 3.8) is 0 Å². The average molecular weight is 434 g/mol. The molecular weight excluding hydrogens is 409 g/mol. The van der Waals surface area contributed by atoms with E-state index >= 15 is 0 Å². The molecule has 4 aromatic rings. The zero-order chi connectivity index (χ0) is 21.4. The summed E-state index contributed by atoms with van der Waals surface area (Å²) in [5.74, 6) is 0.326. The van der Waals surface area contributed by atoms with Crippen molar-refractivity contribution in [2.75, 3.05) is 0 Å². The van der Waals surface area contributed by atoms with Crippen LogP contribution in [-0.4, -0.2) is 9.97 Å². The minimum absolute atomic E-state index is 0.159. The van der Waals surface area contributed by atoms with E-state index in [4.69, 9.17) is 0 Å². The summed E-state index contributed by atoms with van der Waals surface area (Å²) in [4.78, 5) is 21.1. The maximum atomic E-state index is 13.2. The fourth-order valence-corrected chi connectivity index (χ4v) is 5.28. The van der Waals surface area contributed by atoms with E-state index in [0.717, 1.165) is 17.5 Å². The Balaban J connectivity index is 1.35. The number of aryl methyl sites for hydroxylation is 2. The van der Waals surface area contributed by atoms with E-state index in [0.29, 0.717) is 22.6 Å². The van der Waals surface area contributed by atoms with Crippen LogP contribution in [0.25, 0.3) is 21.3 Å². The monoisotopic (exact) mass is 433 g/mol. The van der Waals surface area contributed by atoms with Gasteiger partial charge in [-0.25, -0.2) is 9.37 Å². The molecule has 5 rings (SSSR count). The maximum absolute atomic E-state index is 13.2. The molecule has 2 aromatic carbocycles. The van der Waals surface area contributed by atoms with Crippen molar-refractivity contribution in [1.82, 2.24) is 15.3 Å². The van der Waals surface area contributed by atoms with E-state index in [-0.39, 0.29) is 17.4 Å². The van der Waals surface area contributed by atoms with E-state index in [1.807, 2.05) is 5.38 Å². The molecule has 0 saturated carbocycles. The van der Waals surface area contributed by atoms with Crippen LogP contribution in [-0.2, 0) is 19.4 Å². The van der Waals surface area contributed by atoms with Gasteiger partial charge in [0, 0.05) is 17.0 Å². The Labute approximate surface area is 184 Å². The lowest BCUT2D eigenvalue weighted by Gasteiger charge is -2.20. The van der Waals surface area contributed by atoms with Crippen molar-refractivity contribution in [3.8, 4) is 11.1 Å². The Kier molecular flexibility index (Phi) is 5.42. The zero-order valence-corrected chi connectivity index (χ0v) is 18.2. The second-order valence-electron chi connectivity index (χ2n) is 8.19. The topological polar surface area (TPSA) is 57.8 Å². The first kappa shape index (κ1) is 20.1. The quantitative estimate of drug-likeness (QED) is 0.436. The van der Waals surface area contributed by atoms with E-state index in [2.05, 4.69) is 40.4 Å². The molecule has 0 fully saturated rings. The first-order chi connectivity index (χ1) is 15.1. The number of benzene rings is 2. The van der Waals surface area contributed by atoms with Crippen molar-refractivity contribution in [2.45, 2.75) is 45.2 Å². The van der Waals surface area contributed by atoms with Gasteiger partial charge < -0.3 is 10.3 Å². The summed E-state index contributed by atoms with van der Waals surface area (Å²) < 4.78 is 13.2.